The highest BCUT2D eigenvalue weighted by atomic mass is 35.5. The van der Waals surface area contributed by atoms with E-state index in [2.05, 4.69) is 29.2 Å². The largest absolute Gasteiger partial charge is 0.422 e. The molecule has 3 aromatic carbocycles. The topological polar surface area (TPSA) is 76.1 Å². The number of aliphatic hydroxyl groups is 1. The third-order valence-electron chi connectivity index (χ3n) is 7.54. The van der Waals surface area contributed by atoms with Crippen molar-refractivity contribution < 1.29 is 24.2 Å². The van der Waals surface area contributed by atoms with Gasteiger partial charge in [-0.15, -0.1) is 12.4 Å². The summed E-state index contributed by atoms with van der Waals surface area (Å²) in [4.78, 5) is 28.4. The Morgan fingerprint density at radius 3 is 1.60 bits per heavy atom. The average molecular weight is 610 g/mol. The molecule has 0 saturated carbocycles. The maximum atomic E-state index is 13.2. The second-order valence-electron chi connectivity index (χ2n) is 12.4. The molecule has 0 aliphatic heterocycles. The fraction of sp³-hybridized carbons (Fsp3) is 0.444. The molecule has 234 valence electrons. The van der Waals surface area contributed by atoms with Crippen LogP contribution in [-0.4, -0.2) is 28.5 Å². The first-order valence-electron chi connectivity index (χ1n) is 15.0. The molecule has 1 unspecified atom stereocenters. The molecule has 0 spiro atoms. The number of carbonyl (C=O) groups is 2. The maximum Gasteiger partial charge on any atom is 0.317 e. The van der Waals surface area contributed by atoms with Crippen LogP contribution in [0.2, 0.25) is 0 Å². The maximum absolute atomic E-state index is 13.2. The van der Waals surface area contributed by atoms with Gasteiger partial charge in [0.05, 0.1) is 16.9 Å². The normalized spacial score (nSPS) is 12.4. The molecule has 43 heavy (non-hydrogen) atoms. The zero-order chi connectivity index (χ0) is 30.8. The van der Waals surface area contributed by atoms with E-state index in [4.69, 9.17) is 9.47 Å². The molecule has 0 bridgehead atoms. The molecule has 0 aliphatic carbocycles. The molecule has 0 saturated heterocycles. The van der Waals surface area contributed by atoms with Gasteiger partial charge >= 0.3 is 11.9 Å². The molecule has 3 rings (SSSR count). The summed E-state index contributed by atoms with van der Waals surface area (Å²) in [5, 5.41) is 11.4. The first kappa shape index (κ1) is 36.0. The molecule has 1 atom stereocenters. The predicted molar refractivity (Wildman–Crippen MR) is 174 cm³/mol. The first-order valence-corrected chi connectivity index (χ1v) is 15.0. The third kappa shape index (κ3) is 10.8. The number of carbonyl (C=O) groups excluding carboxylic acids is 2. The third-order valence-corrected chi connectivity index (χ3v) is 7.54. The number of benzene rings is 3. The van der Waals surface area contributed by atoms with Crippen molar-refractivity contribution in [1.82, 2.24) is 4.90 Å². The minimum Gasteiger partial charge on any atom is -0.422 e. The van der Waals surface area contributed by atoms with Crippen LogP contribution >= 0.6 is 12.4 Å². The lowest BCUT2D eigenvalue weighted by Crippen LogP contribution is -2.31. The second-order valence-corrected chi connectivity index (χ2v) is 12.4. The molecule has 0 fully saturated rings. The van der Waals surface area contributed by atoms with Crippen LogP contribution in [0.15, 0.2) is 78.9 Å². The minimum absolute atomic E-state index is 0. The van der Waals surface area contributed by atoms with Crippen molar-refractivity contribution in [3.05, 3.63) is 95.6 Å². The lowest BCUT2D eigenvalue weighted by atomic mass is 9.88. The number of halogens is 1. The lowest BCUT2D eigenvalue weighted by Gasteiger charge is -2.27. The summed E-state index contributed by atoms with van der Waals surface area (Å²) in [5.74, 6) is -0.485. The Balaban J connectivity index is 0.00000645. The van der Waals surface area contributed by atoms with Crippen molar-refractivity contribution in [2.45, 2.75) is 86.4 Å². The number of nitrogens with zero attached hydrogens (tertiary/aromatic N) is 1. The molecule has 3 aromatic rings. The van der Waals surface area contributed by atoms with Gasteiger partial charge in [0.15, 0.2) is 11.5 Å². The number of ether oxygens (including phenoxy) is 2. The number of esters is 2. The number of aliphatic hydroxyl groups excluding tert-OH is 1. The van der Waals surface area contributed by atoms with Crippen LogP contribution in [0.5, 0.6) is 11.5 Å². The summed E-state index contributed by atoms with van der Waals surface area (Å²) in [6.45, 7) is 13.1. The Labute approximate surface area is 263 Å². The zero-order valence-corrected chi connectivity index (χ0v) is 27.3. The lowest BCUT2D eigenvalue weighted by molar-refractivity contribution is -0.147. The Morgan fingerprint density at radius 1 is 0.721 bits per heavy atom. The Hall–Kier alpha value is -3.19. The zero-order valence-electron chi connectivity index (χ0n) is 26.5. The van der Waals surface area contributed by atoms with Gasteiger partial charge in [0.2, 0.25) is 0 Å². The van der Waals surface area contributed by atoms with Gasteiger partial charge < -0.3 is 14.6 Å². The molecule has 0 radical (unpaired) electrons. The van der Waals surface area contributed by atoms with Gasteiger partial charge in [0.25, 0.3) is 0 Å². The Bertz CT molecular complexity index is 1250. The van der Waals surface area contributed by atoms with Crippen molar-refractivity contribution in [3.63, 3.8) is 0 Å². The van der Waals surface area contributed by atoms with Gasteiger partial charge in [-0.25, -0.2) is 0 Å². The Kier molecular flexibility index (Phi) is 13.9. The highest BCUT2D eigenvalue weighted by Gasteiger charge is 2.32. The molecular weight excluding hydrogens is 562 g/mol. The summed E-state index contributed by atoms with van der Waals surface area (Å²) in [7, 11) is 0. The van der Waals surface area contributed by atoms with E-state index < -0.39 is 22.9 Å². The number of rotatable bonds is 15. The summed E-state index contributed by atoms with van der Waals surface area (Å²) in [6.07, 6.45) is 2.11. The molecule has 1 N–H and O–H groups in total. The minimum atomic E-state index is -0.875. The number of hydrogen-bond acceptors (Lipinski definition) is 6. The standard InChI is InChI=1S/C36H47NO5.ClH/c1-7-21-35(3,4)33(39)41-31-20-19-29(23-32(31)42-34(40)36(5,6)22-8-2)30(38)26-37(24-27-15-11-9-12-16-27)25-28-17-13-10-14-18-28;/h9-20,23,30,38H,7-8,21-22,24-26H2,1-6H3;1H. The van der Waals surface area contributed by atoms with Gasteiger partial charge in [-0.2, -0.15) is 0 Å². The van der Waals surface area contributed by atoms with E-state index in [1.807, 2.05) is 77.9 Å². The summed E-state index contributed by atoms with van der Waals surface area (Å²) >= 11 is 0. The van der Waals surface area contributed by atoms with Crippen LogP contribution in [-0.2, 0) is 22.7 Å². The first-order chi connectivity index (χ1) is 19.9. The van der Waals surface area contributed by atoms with Gasteiger partial charge in [-0.3, -0.25) is 14.5 Å². The van der Waals surface area contributed by atoms with E-state index >= 15 is 0 Å². The average Bonchev–Trinajstić information content (AvgIpc) is 2.94. The summed E-state index contributed by atoms with van der Waals surface area (Å²) in [5.41, 5.74) is 1.46. The fourth-order valence-electron chi connectivity index (χ4n) is 5.04. The molecular formula is C36H48ClNO5. The van der Waals surface area contributed by atoms with E-state index in [1.54, 1.807) is 18.2 Å². The van der Waals surface area contributed by atoms with Crippen molar-refractivity contribution >= 4 is 24.3 Å². The quantitative estimate of drug-likeness (QED) is 0.138. The molecule has 0 amide bonds. The molecule has 7 heteroatoms. The molecule has 6 nitrogen and oxygen atoms in total. The molecule has 0 heterocycles. The van der Waals surface area contributed by atoms with Crippen LogP contribution in [0.3, 0.4) is 0 Å². The highest BCUT2D eigenvalue weighted by Crippen LogP contribution is 2.36. The van der Waals surface area contributed by atoms with Crippen LogP contribution in [0.4, 0.5) is 0 Å². The van der Waals surface area contributed by atoms with E-state index in [1.165, 1.54) is 0 Å². The van der Waals surface area contributed by atoms with Crippen LogP contribution in [0, 0.1) is 10.8 Å². The van der Waals surface area contributed by atoms with Crippen molar-refractivity contribution in [1.29, 1.82) is 0 Å². The van der Waals surface area contributed by atoms with Gasteiger partial charge in [-0.05, 0) is 69.4 Å². The van der Waals surface area contributed by atoms with E-state index in [9.17, 15) is 14.7 Å². The monoisotopic (exact) mass is 609 g/mol. The Morgan fingerprint density at radius 2 is 1.16 bits per heavy atom. The predicted octanol–water partition coefficient (Wildman–Crippen LogP) is 8.31. The highest BCUT2D eigenvalue weighted by molar-refractivity contribution is 5.85. The van der Waals surface area contributed by atoms with Gasteiger partial charge in [0, 0.05) is 19.6 Å². The SMILES string of the molecule is CCCC(C)(C)C(=O)Oc1ccc(C(O)CN(Cc2ccccc2)Cc2ccccc2)cc1OC(=O)C(C)(C)CCC.Cl. The van der Waals surface area contributed by atoms with E-state index in [0.29, 0.717) is 38.0 Å². The number of hydrogen-bond donors (Lipinski definition) is 1. The van der Waals surface area contributed by atoms with Crippen LogP contribution in [0.1, 0.15) is 90.0 Å². The van der Waals surface area contributed by atoms with Crippen LogP contribution < -0.4 is 9.47 Å². The summed E-state index contributed by atoms with van der Waals surface area (Å²) in [6, 6.07) is 25.3. The van der Waals surface area contributed by atoms with Gasteiger partial charge in [0.1, 0.15) is 0 Å². The van der Waals surface area contributed by atoms with Crippen molar-refractivity contribution in [3.8, 4) is 11.5 Å². The smallest absolute Gasteiger partial charge is 0.317 e. The van der Waals surface area contributed by atoms with E-state index in [-0.39, 0.29) is 29.9 Å². The van der Waals surface area contributed by atoms with Crippen molar-refractivity contribution in [2.24, 2.45) is 10.8 Å². The van der Waals surface area contributed by atoms with Gasteiger partial charge in [-0.1, -0.05) is 93.4 Å². The summed E-state index contributed by atoms with van der Waals surface area (Å²) < 4.78 is 11.7. The van der Waals surface area contributed by atoms with E-state index in [0.717, 1.165) is 24.0 Å². The fourth-order valence-corrected chi connectivity index (χ4v) is 5.04. The second kappa shape index (κ2) is 16.6. The van der Waals surface area contributed by atoms with Crippen molar-refractivity contribution in [2.75, 3.05) is 6.54 Å². The molecule has 0 aromatic heterocycles. The molecule has 0 aliphatic rings. The van der Waals surface area contributed by atoms with Crippen LogP contribution in [0.25, 0.3) is 0 Å².